The van der Waals surface area contributed by atoms with Crippen LogP contribution in [0.3, 0.4) is 0 Å². The molecule has 0 radical (unpaired) electrons. The van der Waals surface area contributed by atoms with E-state index in [4.69, 9.17) is 34.8 Å². The van der Waals surface area contributed by atoms with Crippen LogP contribution in [-0.2, 0) is 6.42 Å². The van der Waals surface area contributed by atoms with E-state index in [0.717, 1.165) is 23.4 Å². The fourth-order valence-corrected chi connectivity index (χ4v) is 3.37. The molecule has 0 nitrogen and oxygen atoms in total. The summed E-state index contributed by atoms with van der Waals surface area (Å²) in [6.07, 6.45) is 1.86. The first-order valence-corrected chi connectivity index (χ1v) is 7.74. The Bertz CT molecular complexity index is 381. The van der Waals surface area contributed by atoms with Gasteiger partial charge >= 0.3 is 0 Å². The fraction of sp³-hybridized carbons (Fsp3) is 0.600. The third-order valence-electron chi connectivity index (χ3n) is 3.18. The average molecular weight is 308 g/mol. The molecule has 0 aromatic heterocycles. The van der Waals surface area contributed by atoms with Crippen LogP contribution in [0.2, 0.25) is 5.02 Å². The van der Waals surface area contributed by atoms with Crippen molar-refractivity contribution in [1.82, 2.24) is 0 Å². The van der Waals surface area contributed by atoms with Crippen LogP contribution in [0.25, 0.3) is 0 Å². The van der Waals surface area contributed by atoms with Gasteiger partial charge in [-0.2, -0.15) is 0 Å². The van der Waals surface area contributed by atoms with E-state index < -0.39 is 0 Å². The zero-order valence-corrected chi connectivity index (χ0v) is 13.5. The maximum absolute atomic E-state index is 6.30. The smallest absolute Gasteiger partial charge is 0.0440 e. The van der Waals surface area contributed by atoms with Crippen LogP contribution in [-0.4, -0.2) is 11.8 Å². The summed E-state index contributed by atoms with van der Waals surface area (Å²) in [4.78, 5) is 0. The maximum atomic E-state index is 6.30. The Morgan fingerprint density at radius 1 is 1.17 bits per heavy atom. The van der Waals surface area contributed by atoms with Crippen LogP contribution in [0.4, 0.5) is 0 Å². The maximum Gasteiger partial charge on any atom is 0.0440 e. The number of halogens is 3. The molecule has 1 aromatic rings. The van der Waals surface area contributed by atoms with Gasteiger partial charge in [-0.3, -0.25) is 0 Å². The van der Waals surface area contributed by atoms with Crippen LogP contribution in [0.1, 0.15) is 31.4 Å². The molecule has 0 bridgehead atoms. The topological polar surface area (TPSA) is 0 Å². The molecule has 0 aliphatic carbocycles. The highest BCUT2D eigenvalue weighted by molar-refractivity contribution is 6.31. The molecule has 0 unspecified atom stereocenters. The summed E-state index contributed by atoms with van der Waals surface area (Å²) in [5, 5.41) is 0.818. The Hall–Kier alpha value is 0.0900. The van der Waals surface area contributed by atoms with Crippen molar-refractivity contribution in [3.05, 3.63) is 34.3 Å². The summed E-state index contributed by atoms with van der Waals surface area (Å²) in [7, 11) is 0. The molecule has 0 fully saturated rings. The van der Waals surface area contributed by atoms with E-state index in [1.165, 1.54) is 5.56 Å². The van der Waals surface area contributed by atoms with Crippen LogP contribution in [0.5, 0.6) is 0 Å². The molecule has 0 aliphatic rings. The summed E-state index contributed by atoms with van der Waals surface area (Å²) < 4.78 is 0. The molecule has 0 atom stereocenters. The van der Waals surface area contributed by atoms with Crippen molar-refractivity contribution in [2.24, 2.45) is 11.3 Å². The van der Waals surface area contributed by atoms with Crippen molar-refractivity contribution < 1.29 is 0 Å². The van der Waals surface area contributed by atoms with Gasteiger partial charge in [0.25, 0.3) is 0 Å². The van der Waals surface area contributed by atoms with Gasteiger partial charge in [-0.25, -0.2) is 0 Å². The summed E-state index contributed by atoms with van der Waals surface area (Å²) in [5.74, 6) is 1.71. The number of hydrogen-bond donors (Lipinski definition) is 0. The van der Waals surface area contributed by atoms with Crippen molar-refractivity contribution in [2.75, 3.05) is 11.8 Å². The van der Waals surface area contributed by atoms with Crippen LogP contribution < -0.4 is 0 Å². The number of hydrogen-bond acceptors (Lipinski definition) is 0. The van der Waals surface area contributed by atoms with Gasteiger partial charge in [0.1, 0.15) is 0 Å². The SMILES string of the molecule is Cc1ccc(CC(CCl)(CCl)CC(C)C)c(Cl)c1. The van der Waals surface area contributed by atoms with Gasteiger partial charge in [-0.15, -0.1) is 23.2 Å². The predicted molar refractivity (Wildman–Crippen MR) is 83.2 cm³/mol. The second-order valence-electron chi connectivity index (χ2n) is 5.64. The molecule has 0 amide bonds. The van der Waals surface area contributed by atoms with E-state index in [-0.39, 0.29) is 5.41 Å². The lowest BCUT2D eigenvalue weighted by molar-refractivity contribution is 0.295. The Morgan fingerprint density at radius 3 is 2.22 bits per heavy atom. The largest absolute Gasteiger partial charge is 0.126 e. The Morgan fingerprint density at radius 2 is 1.78 bits per heavy atom. The second kappa shape index (κ2) is 7.03. The monoisotopic (exact) mass is 306 g/mol. The molecule has 1 rings (SSSR count). The van der Waals surface area contributed by atoms with Crippen LogP contribution in [0, 0.1) is 18.3 Å². The lowest BCUT2D eigenvalue weighted by Gasteiger charge is -2.32. The zero-order valence-electron chi connectivity index (χ0n) is 11.3. The molecule has 18 heavy (non-hydrogen) atoms. The number of rotatable bonds is 6. The van der Waals surface area contributed by atoms with Crippen molar-refractivity contribution in [3.8, 4) is 0 Å². The molecule has 0 aliphatic heterocycles. The van der Waals surface area contributed by atoms with Gasteiger partial charge in [0.05, 0.1) is 0 Å². The van der Waals surface area contributed by atoms with Crippen molar-refractivity contribution in [2.45, 2.75) is 33.6 Å². The molecule has 0 saturated heterocycles. The normalized spacial score (nSPS) is 12.2. The van der Waals surface area contributed by atoms with E-state index in [2.05, 4.69) is 26.0 Å². The third kappa shape index (κ3) is 4.33. The number of aryl methyl sites for hydroxylation is 1. The molecule has 0 spiro atoms. The molecular weight excluding hydrogens is 287 g/mol. The molecule has 0 heterocycles. The van der Waals surface area contributed by atoms with Crippen molar-refractivity contribution in [3.63, 3.8) is 0 Å². The Balaban J connectivity index is 2.95. The summed E-state index contributed by atoms with van der Waals surface area (Å²) in [6, 6.07) is 6.18. The number of alkyl halides is 2. The first kappa shape index (κ1) is 16.1. The van der Waals surface area contributed by atoms with Crippen molar-refractivity contribution in [1.29, 1.82) is 0 Å². The number of benzene rings is 1. The fourth-order valence-electron chi connectivity index (χ4n) is 2.38. The minimum Gasteiger partial charge on any atom is -0.126 e. The minimum absolute atomic E-state index is 0.0593. The van der Waals surface area contributed by atoms with E-state index in [1.807, 2.05) is 13.0 Å². The summed E-state index contributed by atoms with van der Waals surface area (Å²) >= 11 is 18.6. The second-order valence-corrected chi connectivity index (χ2v) is 6.58. The highest BCUT2D eigenvalue weighted by Gasteiger charge is 2.30. The van der Waals surface area contributed by atoms with Gasteiger partial charge in [0.2, 0.25) is 0 Å². The third-order valence-corrected chi connectivity index (χ3v) is 4.67. The first-order valence-electron chi connectivity index (χ1n) is 6.29. The summed E-state index contributed by atoms with van der Waals surface area (Å²) in [6.45, 7) is 6.44. The predicted octanol–water partition coefficient (Wildman–Crippen LogP) is 5.70. The zero-order chi connectivity index (χ0) is 13.8. The van der Waals surface area contributed by atoms with E-state index in [9.17, 15) is 0 Å². The van der Waals surface area contributed by atoms with E-state index in [1.54, 1.807) is 0 Å². The highest BCUT2D eigenvalue weighted by atomic mass is 35.5. The molecule has 102 valence electrons. The lowest BCUT2D eigenvalue weighted by atomic mass is 9.78. The van der Waals surface area contributed by atoms with Gasteiger partial charge in [-0.1, -0.05) is 37.6 Å². The quantitative estimate of drug-likeness (QED) is 0.591. The minimum atomic E-state index is -0.0593. The van der Waals surface area contributed by atoms with Crippen molar-refractivity contribution >= 4 is 34.8 Å². The van der Waals surface area contributed by atoms with Gasteiger partial charge in [-0.05, 0) is 42.9 Å². The molecule has 0 N–H and O–H groups in total. The molecular formula is C15H21Cl3. The Kier molecular flexibility index (Phi) is 6.30. The standard InChI is InChI=1S/C15H21Cl3/c1-11(2)7-15(9-16,10-17)8-13-5-4-12(3)6-14(13)18/h4-6,11H,7-10H2,1-3H3. The average Bonchev–Trinajstić information content (AvgIpc) is 2.31. The van der Waals surface area contributed by atoms with E-state index in [0.29, 0.717) is 17.7 Å². The van der Waals surface area contributed by atoms with Crippen LogP contribution >= 0.6 is 34.8 Å². The molecule has 1 aromatic carbocycles. The van der Waals surface area contributed by atoms with Gasteiger partial charge in [0.15, 0.2) is 0 Å². The first-order chi connectivity index (χ1) is 8.42. The summed E-state index contributed by atoms with van der Waals surface area (Å²) in [5.41, 5.74) is 2.26. The molecule has 0 saturated carbocycles. The Labute approximate surface area is 126 Å². The molecule has 3 heteroatoms. The lowest BCUT2D eigenvalue weighted by Crippen LogP contribution is -2.30. The van der Waals surface area contributed by atoms with Gasteiger partial charge < -0.3 is 0 Å². The van der Waals surface area contributed by atoms with Gasteiger partial charge in [0, 0.05) is 22.2 Å². The van der Waals surface area contributed by atoms with Crippen LogP contribution in [0.15, 0.2) is 18.2 Å². The highest BCUT2D eigenvalue weighted by Crippen LogP contribution is 2.35. The van der Waals surface area contributed by atoms with E-state index >= 15 is 0 Å².